The van der Waals surface area contributed by atoms with Gasteiger partial charge in [0.1, 0.15) is 0 Å². The van der Waals surface area contributed by atoms with Gasteiger partial charge in [0.25, 0.3) is 0 Å². The monoisotopic (exact) mass is 355 g/mol. The van der Waals surface area contributed by atoms with Crippen molar-refractivity contribution in [2.45, 2.75) is 44.1 Å². The smallest absolute Gasteiger partial charge is 0.250 e. The van der Waals surface area contributed by atoms with Gasteiger partial charge in [-0.05, 0) is 63.3 Å². The van der Waals surface area contributed by atoms with Crippen molar-refractivity contribution in [1.82, 2.24) is 15.2 Å². The lowest BCUT2D eigenvalue weighted by Crippen LogP contribution is -2.38. The third-order valence-electron chi connectivity index (χ3n) is 5.80. The Kier molecular flexibility index (Phi) is 5.56. The number of oxazole rings is 1. The van der Waals surface area contributed by atoms with Gasteiger partial charge in [0.05, 0.1) is 0 Å². The fraction of sp³-hybridized carbons (Fsp3) is 0.571. The van der Waals surface area contributed by atoms with Crippen molar-refractivity contribution in [2.75, 3.05) is 26.2 Å². The number of hydrogen-bond donors (Lipinski definition) is 2. The minimum Gasteiger partial charge on any atom is -0.491 e. The highest BCUT2D eigenvalue weighted by Crippen LogP contribution is 2.40. The summed E-state index contributed by atoms with van der Waals surface area (Å²) in [5, 5.41) is 13.0. The first-order valence-corrected chi connectivity index (χ1v) is 9.92. The molecular weight excluding hydrogens is 326 g/mol. The first-order valence-electron chi connectivity index (χ1n) is 9.92. The molecule has 2 aliphatic rings. The molecule has 1 aliphatic carbocycles. The summed E-state index contributed by atoms with van der Waals surface area (Å²) >= 11 is 0. The van der Waals surface area contributed by atoms with E-state index in [1.165, 1.54) is 44.2 Å². The average Bonchev–Trinajstić information content (AvgIpc) is 3.35. The Morgan fingerprint density at radius 2 is 2.00 bits per heavy atom. The van der Waals surface area contributed by atoms with Crippen LogP contribution in [-0.2, 0) is 6.42 Å². The molecule has 2 fully saturated rings. The van der Waals surface area contributed by atoms with Crippen molar-refractivity contribution in [3.05, 3.63) is 48.0 Å². The molecule has 1 aliphatic heterocycles. The van der Waals surface area contributed by atoms with Gasteiger partial charge in [-0.3, -0.25) is 0 Å². The number of aryl methyl sites for hydroxylation is 1. The molecule has 0 spiro atoms. The van der Waals surface area contributed by atoms with Crippen LogP contribution in [0.3, 0.4) is 0 Å². The molecule has 0 radical (unpaired) electrons. The van der Waals surface area contributed by atoms with Gasteiger partial charge in [-0.1, -0.05) is 30.3 Å². The van der Waals surface area contributed by atoms with Crippen LogP contribution in [-0.4, -0.2) is 47.2 Å². The van der Waals surface area contributed by atoms with E-state index in [1.54, 1.807) is 0 Å². The highest BCUT2D eigenvalue weighted by molar-refractivity contribution is 5.27. The number of aromatic hydroxyl groups is 1. The quantitative estimate of drug-likeness (QED) is 0.762. The first-order chi connectivity index (χ1) is 12.8. The van der Waals surface area contributed by atoms with Gasteiger partial charge < -0.3 is 19.7 Å². The predicted octanol–water partition coefficient (Wildman–Crippen LogP) is 3.17. The van der Waals surface area contributed by atoms with Gasteiger partial charge in [0.2, 0.25) is 5.88 Å². The summed E-state index contributed by atoms with van der Waals surface area (Å²) in [6.07, 6.45) is 6.99. The highest BCUT2D eigenvalue weighted by atomic mass is 16.4. The number of likely N-dealkylation sites (tertiary alicyclic amines) is 1. The molecule has 4 rings (SSSR count). The molecule has 1 saturated carbocycles. The Labute approximate surface area is 155 Å². The molecule has 2 heterocycles. The predicted molar refractivity (Wildman–Crippen MR) is 101 cm³/mol. The molecule has 0 bridgehead atoms. The van der Waals surface area contributed by atoms with Crippen LogP contribution >= 0.6 is 0 Å². The van der Waals surface area contributed by atoms with Crippen LogP contribution in [0, 0.1) is 5.92 Å². The van der Waals surface area contributed by atoms with Gasteiger partial charge in [-0.25, -0.2) is 0 Å². The van der Waals surface area contributed by atoms with Crippen LogP contribution in [0.15, 0.2) is 41.0 Å². The summed E-state index contributed by atoms with van der Waals surface area (Å²) in [6.45, 7) is 4.63. The fourth-order valence-electron chi connectivity index (χ4n) is 4.09. The summed E-state index contributed by atoms with van der Waals surface area (Å²) < 4.78 is 5.18. The van der Waals surface area contributed by atoms with Crippen molar-refractivity contribution >= 4 is 0 Å². The summed E-state index contributed by atoms with van der Waals surface area (Å²) in [5.41, 5.74) is 1.49. The lowest BCUT2D eigenvalue weighted by atomic mass is 9.96. The normalized spacial score (nSPS) is 24.0. The van der Waals surface area contributed by atoms with E-state index < -0.39 is 0 Å². The van der Waals surface area contributed by atoms with Crippen LogP contribution in [0.5, 0.6) is 5.88 Å². The van der Waals surface area contributed by atoms with E-state index in [0.717, 1.165) is 37.8 Å². The van der Waals surface area contributed by atoms with Crippen LogP contribution in [0.2, 0.25) is 0 Å². The van der Waals surface area contributed by atoms with Crippen LogP contribution in [0.4, 0.5) is 0 Å². The number of benzene rings is 1. The number of rotatable bonds is 8. The van der Waals surface area contributed by atoms with Crippen molar-refractivity contribution in [3.63, 3.8) is 0 Å². The summed E-state index contributed by atoms with van der Waals surface area (Å²) in [5.74, 6) is 2.16. The van der Waals surface area contributed by atoms with Crippen molar-refractivity contribution < 1.29 is 9.52 Å². The largest absolute Gasteiger partial charge is 0.491 e. The molecule has 2 aromatic rings. The third kappa shape index (κ3) is 4.65. The lowest BCUT2D eigenvalue weighted by molar-refractivity contribution is 0.179. The van der Waals surface area contributed by atoms with Crippen LogP contribution < -0.4 is 5.32 Å². The average molecular weight is 355 g/mol. The minimum absolute atomic E-state index is 0.0153. The Morgan fingerprint density at radius 1 is 1.19 bits per heavy atom. The molecule has 5 nitrogen and oxygen atoms in total. The van der Waals surface area contributed by atoms with Gasteiger partial charge in [0, 0.05) is 18.4 Å². The van der Waals surface area contributed by atoms with Crippen molar-refractivity contribution in [2.24, 2.45) is 5.92 Å². The van der Waals surface area contributed by atoms with E-state index in [2.05, 4.69) is 45.5 Å². The zero-order valence-corrected chi connectivity index (χ0v) is 15.3. The Morgan fingerprint density at radius 3 is 2.73 bits per heavy atom. The molecule has 1 aromatic heterocycles. The van der Waals surface area contributed by atoms with E-state index in [4.69, 9.17) is 4.42 Å². The van der Waals surface area contributed by atoms with Crippen LogP contribution in [0.1, 0.15) is 43.1 Å². The van der Waals surface area contributed by atoms with E-state index in [-0.39, 0.29) is 5.88 Å². The van der Waals surface area contributed by atoms with E-state index in [9.17, 15) is 5.11 Å². The topological polar surface area (TPSA) is 61.5 Å². The highest BCUT2D eigenvalue weighted by Gasteiger charge is 2.38. The van der Waals surface area contributed by atoms with E-state index in [1.807, 2.05) is 0 Å². The second-order valence-corrected chi connectivity index (χ2v) is 7.76. The van der Waals surface area contributed by atoms with Gasteiger partial charge >= 0.3 is 0 Å². The lowest BCUT2D eigenvalue weighted by Gasteiger charge is -2.32. The zero-order valence-electron chi connectivity index (χ0n) is 15.3. The van der Waals surface area contributed by atoms with E-state index in [0.29, 0.717) is 11.9 Å². The Bertz CT molecular complexity index is 680. The molecule has 2 N–H and O–H groups in total. The number of hydrogen-bond acceptors (Lipinski definition) is 5. The Balaban J connectivity index is 1.09. The molecule has 1 saturated heterocycles. The number of piperidine rings is 1. The zero-order chi connectivity index (χ0) is 17.8. The van der Waals surface area contributed by atoms with Crippen molar-refractivity contribution in [3.8, 4) is 5.88 Å². The molecule has 0 amide bonds. The second-order valence-electron chi connectivity index (χ2n) is 7.76. The molecule has 2 unspecified atom stereocenters. The third-order valence-corrected chi connectivity index (χ3v) is 5.80. The van der Waals surface area contributed by atoms with E-state index >= 15 is 0 Å². The van der Waals surface area contributed by atoms with Gasteiger partial charge in [-0.15, -0.1) is 0 Å². The summed E-state index contributed by atoms with van der Waals surface area (Å²) in [7, 11) is 0. The van der Waals surface area contributed by atoms with Gasteiger partial charge in [0.15, 0.2) is 12.2 Å². The van der Waals surface area contributed by atoms with Gasteiger partial charge in [-0.2, -0.15) is 4.98 Å². The van der Waals surface area contributed by atoms with Crippen molar-refractivity contribution in [1.29, 1.82) is 0 Å². The molecular formula is C21H29N3O2. The molecule has 140 valence electrons. The Hall–Kier alpha value is -1.85. The SMILES string of the molecule is Oc1coc(CCCN2CCC(CNC3CC3c3ccccc3)CC2)n1. The maximum atomic E-state index is 9.18. The maximum Gasteiger partial charge on any atom is 0.250 e. The number of nitrogens with zero attached hydrogens (tertiary/aromatic N) is 2. The minimum atomic E-state index is -0.0153. The standard InChI is InChI=1S/C21H29N3O2/c25-20-15-26-21(23-20)7-4-10-24-11-8-16(9-12-24)14-22-19-13-18(19)17-5-2-1-3-6-17/h1-3,5-6,15-16,18-19,22,25H,4,7-14H2. The number of nitrogens with one attached hydrogen (secondary N) is 1. The fourth-order valence-corrected chi connectivity index (χ4v) is 4.09. The van der Waals surface area contributed by atoms with Crippen LogP contribution in [0.25, 0.3) is 0 Å². The molecule has 5 heteroatoms. The summed E-state index contributed by atoms with van der Waals surface area (Å²) in [4.78, 5) is 6.49. The maximum absolute atomic E-state index is 9.18. The molecule has 2 atom stereocenters. The molecule has 26 heavy (non-hydrogen) atoms. The first kappa shape index (κ1) is 17.6. The summed E-state index contributed by atoms with van der Waals surface area (Å²) in [6, 6.07) is 11.6. The molecule has 1 aromatic carbocycles. The second kappa shape index (κ2) is 8.23. The number of aromatic nitrogens is 1.